The lowest BCUT2D eigenvalue weighted by molar-refractivity contribution is 0.0930. The van der Waals surface area contributed by atoms with Gasteiger partial charge in [0.25, 0.3) is 11.7 Å². The molecule has 0 bridgehead atoms. The highest BCUT2D eigenvalue weighted by Gasteiger charge is 2.20. The molecule has 7 heteroatoms. The van der Waals surface area contributed by atoms with Crippen LogP contribution in [0, 0.1) is 6.92 Å². The number of amides is 1. The van der Waals surface area contributed by atoms with Gasteiger partial charge in [0.05, 0.1) is 0 Å². The van der Waals surface area contributed by atoms with Crippen LogP contribution in [0.25, 0.3) is 5.78 Å². The zero-order chi connectivity index (χ0) is 12.5. The van der Waals surface area contributed by atoms with Gasteiger partial charge in [-0.05, 0) is 26.0 Å². The summed E-state index contributed by atoms with van der Waals surface area (Å²) in [7, 11) is 0. The lowest BCUT2D eigenvalue weighted by Crippen LogP contribution is -2.36. The van der Waals surface area contributed by atoms with Crippen molar-refractivity contribution in [1.82, 2.24) is 30.2 Å². The summed E-state index contributed by atoms with van der Waals surface area (Å²) in [6.45, 7) is 3.63. The van der Waals surface area contributed by atoms with Gasteiger partial charge >= 0.3 is 0 Å². The predicted molar refractivity (Wildman–Crippen MR) is 64.3 cm³/mol. The average molecular weight is 246 g/mol. The van der Waals surface area contributed by atoms with Gasteiger partial charge in [0.1, 0.15) is 0 Å². The van der Waals surface area contributed by atoms with Gasteiger partial charge < -0.3 is 10.6 Å². The third-order valence-electron chi connectivity index (χ3n) is 3.03. The van der Waals surface area contributed by atoms with Gasteiger partial charge in [-0.3, -0.25) is 4.79 Å². The Kier molecular flexibility index (Phi) is 2.67. The summed E-state index contributed by atoms with van der Waals surface area (Å²) in [5, 5.41) is 10.3. The van der Waals surface area contributed by atoms with Gasteiger partial charge in [-0.1, -0.05) is 0 Å². The van der Waals surface area contributed by atoms with Crippen LogP contribution in [-0.4, -0.2) is 44.6 Å². The third kappa shape index (κ3) is 1.92. The van der Waals surface area contributed by atoms with Crippen molar-refractivity contribution >= 4 is 11.7 Å². The number of rotatable bonds is 2. The molecule has 18 heavy (non-hydrogen) atoms. The third-order valence-corrected chi connectivity index (χ3v) is 3.03. The molecule has 2 aromatic heterocycles. The van der Waals surface area contributed by atoms with E-state index in [1.165, 1.54) is 0 Å². The van der Waals surface area contributed by atoms with E-state index >= 15 is 0 Å². The molecule has 1 atom stereocenters. The van der Waals surface area contributed by atoms with E-state index in [-0.39, 0.29) is 17.8 Å². The normalized spacial score (nSPS) is 19.3. The number of aryl methyl sites for hydroxylation is 1. The number of aromatic nitrogens is 4. The first-order valence-corrected chi connectivity index (χ1v) is 5.94. The fourth-order valence-corrected chi connectivity index (χ4v) is 2.03. The van der Waals surface area contributed by atoms with Crippen LogP contribution in [-0.2, 0) is 0 Å². The van der Waals surface area contributed by atoms with Crippen molar-refractivity contribution in [2.45, 2.75) is 19.4 Å². The number of hydrogen-bond donors (Lipinski definition) is 2. The Bertz CT molecular complexity index is 586. The number of nitrogens with zero attached hydrogens (tertiary/aromatic N) is 4. The molecule has 0 aromatic carbocycles. The van der Waals surface area contributed by atoms with Crippen LogP contribution < -0.4 is 10.6 Å². The fourth-order valence-electron chi connectivity index (χ4n) is 2.03. The Morgan fingerprint density at radius 2 is 2.50 bits per heavy atom. The maximum absolute atomic E-state index is 12.0. The molecule has 2 N–H and O–H groups in total. The van der Waals surface area contributed by atoms with E-state index < -0.39 is 0 Å². The van der Waals surface area contributed by atoms with Crippen LogP contribution in [0.3, 0.4) is 0 Å². The average Bonchev–Trinajstić information content (AvgIpc) is 2.97. The van der Waals surface area contributed by atoms with Gasteiger partial charge in [-0.25, -0.2) is 9.50 Å². The monoisotopic (exact) mass is 246 g/mol. The van der Waals surface area contributed by atoms with Gasteiger partial charge in [-0.2, -0.15) is 4.98 Å². The van der Waals surface area contributed by atoms with Crippen molar-refractivity contribution in [3.63, 3.8) is 0 Å². The van der Waals surface area contributed by atoms with Crippen LogP contribution in [0.15, 0.2) is 12.3 Å². The Balaban J connectivity index is 1.85. The molecule has 1 fully saturated rings. The van der Waals surface area contributed by atoms with Crippen molar-refractivity contribution in [2.24, 2.45) is 0 Å². The second-order valence-corrected chi connectivity index (χ2v) is 4.40. The first-order chi connectivity index (χ1) is 8.74. The van der Waals surface area contributed by atoms with E-state index in [1.807, 2.05) is 13.0 Å². The van der Waals surface area contributed by atoms with Crippen molar-refractivity contribution in [3.8, 4) is 0 Å². The second kappa shape index (κ2) is 4.34. The van der Waals surface area contributed by atoms with Crippen LogP contribution in [0.1, 0.15) is 22.7 Å². The lowest BCUT2D eigenvalue weighted by Gasteiger charge is -2.08. The summed E-state index contributed by atoms with van der Waals surface area (Å²) in [6, 6.07) is 1.99. The molecular formula is C11H14N6O. The number of hydrogen-bond acceptors (Lipinski definition) is 5. The fraction of sp³-hybridized carbons (Fsp3) is 0.455. The predicted octanol–water partition coefficient (Wildman–Crippen LogP) is -0.476. The Morgan fingerprint density at radius 3 is 3.22 bits per heavy atom. The van der Waals surface area contributed by atoms with Crippen molar-refractivity contribution in [2.75, 3.05) is 13.1 Å². The summed E-state index contributed by atoms with van der Waals surface area (Å²) >= 11 is 0. The molecule has 0 radical (unpaired) electrons. The smallest absolute Gasteiger partial charge is 0.291 e. The molecule has 1 aliphatic rings. The van der Waals surface area contributed by atoms with Gasteiger partial charge in [0.15, 0.2) is 0 Å². The minimum atomic E-state index is -0.242. The van der Waals surface area contributed by atoms with E-state index in [0.29, 0.717) is 5.78 Å². The highest BCUT2D eigenvalue weighted by Crippen LogP contribution is 2.03. The number of fused-ring (bicyclic) bond motifs is 1. The topological polar surface area (TPSA) is 84.2 Å². The Labute approximate surface area is 104 Å². The molecular weight excluding hydrogens is 232 g/mol. The van der Waals surface area contributed by atoms with E-state index in [0.717, 1.165) is 25.2 Å². The summed E-state index contributed by atoms with van der Waals surface area (Å²) in [4.78, 5) is 20.2. The minimum Gasteiger partial charge on any atom is -0.345 e. The van der Waals surface area contributed by atoms with Gasteiger partial charge in [0, 0.05) is 24.5 Å². The summed E-state index contributed by atoms with van der Waals surface area (Å²) in [6.07, 6.45) is 2.60. The maximum atomic E-state index is 12.0. The molecule has 7 nitrogen and oxygen atoms in total. The van der Waals surface area contributed by atoms with Crippen molar-refractivity contribution in [1.29, 1.82) is 0 Å². The molecule has 0 spiro atoms. The van der Waals surface area contributed by atoms with Crippen LogP contribution in [0.5, 0.6) is 0 Å². The summed E-state index contributed by atoms with van der Waals surface area (Å²) in [5.74, 6) is 0.377. The first kappa shape index (κ1) is 11.1. The van der Waals surface area contributed by atoms with E-state index in [9.17, 15) is 4.79 Å². The highest BCUT2D eigenvalue weighted by atomic mass is 16.2. The molecule has 3 rings (SSSR count). The summed E-state index contributed by atoms with van der Waals surface area (Å²) < 4.78 is 1.57. The molecule has 1 saturated heterocycles. The van der Waals surface area contributed by atoms with Crippen molar-refractivity contribution < 1.29 is 4.79 Å². The quantitative estimate of drug-likeness (QED) is 0.748. The van der Waals surface area contributed by atoms with E-state index in [2.05, 4.69) is 25.7 Å². The van der Waals surface area contributed by atoms with Crippen LogP contribution in [0.4, 0.5) is 0 Å². The van der Waals surface area contributed by atoms with Crippen LogP contribution in [0.2, 0.25) is 0 Å². The van der Waals surface area contributed by atoms with Gasteiger partial charge in [0.2, 0.25) is 5.82 Å². The molecule has 1 unspecified atom stereocenters. The largest absolute Gasteiger partial charge is 0.345 e. The standard InChI is InChI=1S/C11H14N6O/c1-7-2-5-13-11-15-9(16-17(7)11)10(18)14-8-3-4-12-6-8/h2,5,8,12H,3-4,6H2,1H3,(H,14,18). The van der Waals surface area contributed by atoms with Gasteiger partial charge in [-0.15, -0.1) is 5.10 Å². The Hall–Kier alpha value is -2.02. The maximum Gasteiger partial charge on any atom is 0.291 e. The number of carbonyl (C=O) groups excluding carboxylic acids is 1. The van der Waals surface area contributed by atoms with Crippen LogP contribution >= 0.6 is 0 Å². The minimum absolute atomic E-state index is 0.165. The number of carbonyl (C=O) groups is 1. The SMILES string of the molecule is Cc1ccnc2nc(C(=O)NC3CCNC3)nn12. The Morgan fingerprint density at radius 1 is 1.61 bits per heavy atom. The zero-order valence-electron chi connectivity index (χ0n) is 10.1. The molecule has 1 aliphatic heterocycles. The number of nitrogens with one attached hydrogen (secondary N) is 2. The zero-order valence-corrected chi connectivity index (χ0v) is 10.1. The van der Waals surface area contributed by atoms with E-state index in [4.69, 9.17) is 0 Å². The molecule has 1 amide bonds. The highest BCUT2D eigenvalue weighted by molar-refractivity contribution is 5.91. The lowest BCUT2D eigenvalue weighted by atomic mass is 10.2. The molecule has 94 valence electrons. The van der Waals surface area contributed by atoms with Crippen molar-refractivity contribution in [3.05, 3.63) is 23.8 Å². The first-order valence-electron chi connectivity index (χ1n) is 5.94. The molecule has 0 saturated carbocycles. The molecule has 3 heterocycles. The summed E-state index contributed by atoms with van der Waals surface area (Å²) in [5.41, 5.74) is 0.897. The molecule has 2 aromatic rings. The molecule has 0 aliphatic carbocycles. The van der Waals surface area contributed by atoms with E-state index in [1.54, 1.807) is 10.7 Å². The second-order valence-electron chi connectivity index (χ2n) is 4.40.